The molecule has 1 atom stereocenters. The van der Waals surface area contributed by atoms with Gasteiger partial charge in [-0.3, -0.25) is 4.79 Å². The summed E-state index contributed by atoms with van der Waals surface area (Å²) in [4.78, 5) is 14.5. The summed E-state index contributed by atoms with van der Waals surface area (Å²) in [6.07, 6.45) is 4.02. The molecule has 0 radical (unpaired) electrons. The summed E-state index contributed by atoms with van der Waals surface area (Å²) >= 11 is 3.02. The highest BCUT2D eigenvalue weighted by molar-refractivity contribution is 7.12. The molecule has 0 aliphatic heterocycles. The molecule has 0 fully saturated rings. The Balaban J connectivity index is 1.54. The van der Waals surface area contributed by atoms with Crippen LogP contribution >= 0.6 is 22.7 Å². The van der Waals surface area contributed by atoms with Crippen molar-refractivity contribution in [2.45, 2.75) is 12.6 Å². The highest BCUT2D eigenvalue weighted by Crippen LogP contribution is 2.30. The third kappa shape index (κ3) is 4.19. The summed E-state index contributed by atoms with van der Waals surface area (Å²) in [6, 6.07) is 11.2. The van der Waals surface area contributed by atoms with Gasteiger partial charge in [0.15, 0.2) is 0 Å². The number of rotatable bonds is 6. The molecule has 3 heterocycles. The number of carbonyl (C=O) groups is 1. The molecule has 0 aliphatic rings. The van der Waals surface area contributed by atoms with E-state index in [1.807, 2.05) is 29.6 Å². The first kappa shape index (κ1) is 15.7. The normalized spacial score (nSPS) is 12.6. The Hall–Kier alpha value is -2.15. The standard InChI is InChI=1S/C17H15NO3S2/c19-16(8-5-12-3-1-9-21-12)18-11-13-6-7-15(23-13)17(20)14-4-2-10-22-14/h1-10,17,20H,11H2,(H,18,19)/b8-5+. The highest BCUT2D eigenvalue weighted by atomic mass is 32.1. The molecule has 23 heavy (non-hydrogen) atoms. The Morgan fingerprint density at radius 3 is 2.91 bits per heavy atom. The minimum absolute atomic E-state index is 0.185. The zero-order valence-electron chi connectivity index (χ0n) is 12.1. The van der Waals surface area contributed by atoms with Gasteiger partial charge in [-0.05, 0) is 41.8 Å². The van der Waals surface area contributed by atoms with Crippen LogP contribution in [0.2, 0.25) is 0 Å². The first-order chi connectivity index (χ1) is 11.2. The van der Waals surface area contributed by atoms with Crippen molar-refractivity contribution < 1.29 is 14.3 Å². The molecule has 0 aliphatic carbocycles. The minimum Gasteiger partial charge on any atom is -0.465 e. The Bertz CT molecular complexity index is 773. The van der Waals surface area contributed by atoms with Gasteiger partial charge in [0.1, 0.15) is 11.9 Å². The lowest BCUT2D eigenvalue weighted by molar-refractivity contribution is -0.116. The smallest absolute Gasteiger partial charge is 0.244 e. The van der Waals surface area contributed by atoms with Crippen molar-refractivity contribution in [2.75, 3.05) is 0 Å². The van der Waals surface area contributed by atoms with Gasteiger partial charge in [-0.2, -0.15) is 0 Å². The lowest BCUT2D eigenvalue weighted by Gasteiger charge is -2.04. The Morgan fingerprint density at radius 1 is 1.26 bits per heavy atom. The molecule has 1 unspecified atom stereocenters. The first-order valence-corrected chi connectivity index (χ1v) is 8.71. The average Bonchev–Trinajstić information content (AvgIpc) is 3.33. The highest BCUT2D eigenvalue weighted by Gasteiger charge is 2.13. The fraction of sp³-hybridized carbons (Fsp3) is 0.118. The van der Waals surface area contributed by atoms with Crippen molar-refractivity contribution in [1.29, 1.82) is 0 Å². The number of amides is 1. The summed E-state index contributed by atoms with van der Waals surface area (Å²) in [5, 5.41) is 15.0. The van der Waals surface area contributed by atoms with E-state index in [9.17, 15) is 9.90 Å². The molecular weight excluding hydrogens is 330 g/mol. The molecule has 0 saturated heterocycles. The molecule has 3 rings (SSSR count). The second kappa shape index (κ2) is 7.41. The van der Waals surface area contributed by atoms with Crippen LogP contribution < -0.4 is 5.32 Å². The quantitative estimate of drug-likeness (QED) is 0.668. The van der Waals surface area contributed by atoms with E-state index in [4.69, 9.17) is 4.42 Å². The van der Waals surface area contributed by atoms with Gasteiger partial charge < -0.3 is 14.8 Å². The fourth-order valence-electron chi connectivity index (χ4n) is 2.00. The van der Waals surface area contributed by atoms with Gasteiger partial charge in [-0.15, -0.1) is 22.7 Å². The number of nitrogens with one attached hydrogen (secondary N) is 1. The van der Waals surface area contributed by atoms with Crippen molar-refractivity contribution in [2.24, 2.45) is 0 Å². The maximum absolute atomic E-state index is 11.8. The van der Waals surface area contributed by atoms with Crippen LogP contribution in [0.5, 0.6) is 0 Å². The summed E-state index contributed by atoms with van der Waals surface area (Å²) in [7, 11) is 0. The maximum atomic E-state index is 11.8. The molecule has 0 bridgehead atoms. The van der Waals surface area contributed by atoms with Crippen molar-refractivity contribution in [1.82, 2.24) is 5.32 Å². The van der Waals surface area contributed by atoms with Gasteiger partial charge in [0.25, 0.3) is 0 Å². The van der Waals surface area contributed by atoms with E-state index in [1.54, 1.807) is 24.5 Å². The zero-order valence-corrected chi connectivity index (χ0v) is 13.8. The third-order valence-electron chi connectivity index (χ3n) is 3.14. The lowest BCUT2D eigenvalue weighted by Crippen LogP contribution is -2.19. The number of hydrogen-bond acceptors (Lipinski definition) is 5. The van der Waals surface area contributed by atoms with E-state index < -0.39 is 6.10 Å². The molecule has 2 N–H and O–H groups in total. The van der Waals surface area contributed by atoms with E-state index in [-0.39, 0.29) is 5.91 Å². The van der Waals surface area contributed by atoms with Gasteiger partial charge in [-0.1, -0.05) is 6.07 Å². The molecule has 4 nitrogen and oxygen atoms in total. The molecule has 0 aromatic carbocycles. The van der Waals surface area contributed by atoms with Crippen LogP contribution in [0.15, 0.2) is 58.5 Å². The third-order valence-corrected chi connectivity index (χ3v) is 5.21. The predicted molar refractivity (Wildman–Crippen MR) is 92.3 cm³/mol. The molecule has 118 valence electrons. The van der Waals surface area contributed by atoms with E-state index in [1.165, 1.54) is 28.7 Å². The van der Waals surface area contributed by atoms with Crippen molar-refractivity contribution >= 4 is 34.7 Å². The van der Waals surface area contributed by atoms with Gasteiger partial charge in [0.2, 0.25) is 5.91 Å². The van der Waals surface area contributed by atoms with Gasteiger partial charge in [-0.25, -0.2) is 0 Å². The lowest BCUT2D eigenvalue weighted by atomic mass is 10.2. The number of hydrogen-bond donors (Lipinski definition) is 2. The van der Waals surface area contributed by atoms with Crippen molar-refractivity contribution in [3.8, 4) is 0 Å². The molecule has 0 saturated carbocycles. The zero-order chi connectivity index (χ0) is 16.1. The molecule has 0 spiro atoms. The Labute approximate surface area is 141 Å². The minimum atomic E-state index is -0.594. The topological polar surface area (TPSA) is 62.5 Å². The predicted octanol–water partition coefficient (Wildman–Crippen LogP) is 3.81. The largest absolute Gasteiger partial charge is 0.465 e. The number of furan rings is 1. The van der Waals surface area contributed by atoms with Gasteiger partial charge in [0, 0.05) is 20.7 Å². The average molecular weight is 345 g/mol. The van der Waals surface area contributed by atoms with Crippen LogP contribution in [0.3, 0.4) is 0 Å². The van der Waals surface area contributed by atoms with Gasteiger partial charge in [0.05, 0.1) is 12.8 Å². The van der Waals surface area contributed by atoms with Crippen molar-refractivity contribution in [3.05, 3.63) is 74.5 Å². The molecule has 3 aromatic heterocycles. The second-order valence-corrected chi connectivity index (χ2v) is 6.97. The summed E-state index contributed by atoms with van der Waals surface area (Å²) < 4.78 is 5.12. The molecule has 6 heteroatoms. The van der Waals surface area contributed by atoms with E-state index in [2.05, 4.69) is 5.32 Å². The van der Waals surface area contributed by atoms with Crippen LogP contribution in [0.1, 0.15) is 26.5 Å². The summed E-state index contributed by atoms with van der Waals surface area (Å²) in [5.41, 5.74) is 0. The van der Waals surface area contributed by atoms with E-state index >= 15 is 0 Å². The van der Waals surface area contributed by atoms with E-state index in [0.29, 0.717) is 12.3 Å². The fourth-order valence-corrected chi connectivity index (χ4v) is 3.76. The summed E-state index contributed by atoms with van der Waals surface area (Å²) in [6.45, 7) is 0.434. The van der Waals surface area contributed by atoms with Crippen LogP contribution in [-0.2, 0) is 11.3 Å². The van der Waals surface area contributed by atoms with Crippen LogP contribution in [0.25, 0.3) is 6.08 Å². The molecule has 3 aromatic rings. The van der Waals surface area contributed by atoms with Crippen LogP contribution in [-0.4, -0.2) is 11.0 Å². The van der Waals surface area contributed by atoms with E-state index in [0.717, 1.165) is 14.6 Å². The second-order valence-electron chi connectivity index (χ2n) is 4.79. The summed E-state index contributed by atoms with van der Waals surface area (Å²) in [5.74, 6) is 0.452. The Morgan fingerprint density at radius 2 is 2.17 bits per heavy atom. The Kier molecular flexibility index (Phi) is 5.07. The first-order valence-electron chi connectivity index (χ1n) is 7.02. The number of thiophene rings is 2. The SMILES string of the molecule is O=C(/C=C/c1ccco1)NCc1ccc(C(O)c2cccs2)s1. The monoisotopic (exact) mass is 345 g/mol. The maximum Gasteiger partial charge on any atom is 0.244 e. The number of aliphatic hydroxyl groups is 1. The van der Waals surface area contributed by atoms with Gasteiger partial charge >= 0.3 is 0 Å². The molecular formula is C17H15NO3S2. The van der Waals surface area contributed by atoms with Crippen molar-refractivity contribution in [3.63, 3.8) is 0 Å². The number of carbonyl (C=O) groups excluding carboxylic acids is 1. The number of aliphatic hydroxyl groups excluding tert-OH is 1. The molecule has 1 amide bonds. The van der Waals surface area contributed by atoms with Crippen LogP contribution in [0.4, 0.5) is 0 Å². The van der Waals surface area contributed by atoms with Crippen LogP contribution in [0, 0.1) is 0 Å².